The van der Waals surface area contributed by atoms with Crippen LogP contribution in [0.1, 0.15) is 42.9 Å². The number of β-lactam (4-membered cyclic amide) rings is 1. The molecule has 2 amide bonds. The number of nitrogens with zero attached hydrogens (tertiary/aromatic N) is 1. The summed E-state index contributed by atoms with van der Waals surface area (Å²) in [4.78, 5) is 27.0. The Morgan fingerprint density at radius 3 is 2.27 bits per heavy atom. The molecule has 2 unspecified atom stereocenters. The molecule has 1 saturated heterocycles. The van der Waals surface area contributed by atoms with Crippen LogP contribution in [0, 0.1) is 0 Å². The monoisotopic (exact) mass is 371 g/mol. The Kier molecular flexibility index (Phi) is 5.43. The van der Waals surface area contributed by atoms with E-state index in [0.717, 1.165) is 18.1 Å². The third-order valence-corrected chi connectivity index (χ3v) is 10.0. The molecule has 0 N–H and O–H groups in total. The fourth-order valence-electron chi connectivity index (χ4n) is 3.53. The first-order valence-corrected chi connectivity index (χ1v) is 11.7. The van der Waals surface area contributed by atoms with Crippen LogP contribution in [0.2, 0.25) is 18.1 Å². The van der Waals surface area contributed by atoms with Crippen LogP contribution in [-0.2, 0) is 9.22 Å². The van der Waals surface area contributed by atoms with Crippen molar-refractivity contribution in [1.82, 2.24) is 4.90 Å². The van der Waals surface area contributed by atoms with E-state index in [1.807, 2.05) is 6.07 Å². The smallest absolute Gasteiger partial charge is 0.261 e. The van der Waals surface area contributed by atoms with E-state index in [-0.39, 0.29) is 11.8 Å². The minimum atomic E-state index is -1.99. The molecule has 2 atom stereocenters. The molecule has 1 aliphatic heterocycles. The van der Waals surface area contributed by atoms with Gasteiger partial charge in [0.1, 0.15) is 11.8 Å². The molecule has 2 heterocycles. The van der Waals surface area contributed by atoms with Crippen LogP contribution in [-0.4, -0.2) is 31.1 Å². The van der Waals surface area contributed by atoms with Gasteiger partial charge in [-0.15, -0.1) is 0 Å². The Balaban J connectivity index is 1.90. The first-order chi connectivity index (χ1) is 12.6. The van der Waals surface area contributed by atoms with Gasteiger partial charge >= 0.3 is 0 Å². The minimum absolute atomic E-state index is 0.271. The van der Waals surface area contributed by atoms with Crippen molar-refractivity contribution in [3.05, 3.63) is 60.1 Å². The second-order valence-corrected chi connectivity index (χ2v) is 11.3. The fourth-order valence-corrected chi connectivity index (χ4v) is 6.30. The van der Waals surface area contributed by atoms with Gasteiger partial charge < -0.3 is 8.84 Å². The Hall–Kier alpha value is -2.18. The van der Waals surface area contributed by atoms with E-state index in [0.29, 0.717) is 11.3 Å². The normalized spacial score (nSPS) is 20.1. The molecule has 5 nitrogen and oxygen atoms in total. The number of carbonyl (C=O) groups is 2. The number of rotatable bonds is 7. The third kappa shape index (κ3) is 3.15. The maximum Gasteiger partial charge on any atom is 0.261 e. The lowest BCUT2D eigenvalue weighted by Crippen LogP contribution is -2.64. The zero-order chi connectivity index (χ0) is 18.7. The van der Waals surface area contributed by atoms with E-state index in [4.69, 9.17) is 8.84 Å². The maximum absolute atomic E-state index is 12.9. The average Bonchev–Trinajstić information content (AvgIpc) is 3.21. The Bertz CT molecular complexity index is 747. The highest BCUT2D eigenvalue weighted by Gasteiger charge is 2.56. The average molecular weight is 372 g/mol. The van der Waals surface area contributed by atoms with Gasteiger partial charge in [-0.1, -0.05) is 39.0 Å². The van der Waals surface area contributed by atoms with Gasteiger partial charge in [0.25, 0.3) is 11.8 Å². The summed E-state index contributed by atoms with van der Waals surface area (Å²) in [6, 6.07) is 14.8. The van der Waals surface area contributed by atoms with Crippen molar-refractivity contribution in [2.45, 2.75) is 51.0 Å². The molecule has 0 saturated carbocycles. The quantitative estimate of drug-likeness (QED) is 0.411. The van der Waals surface area contributed by atoms with E-state index < -0.39 is 20.5 Å². The summed E-state index contributed by atoms with van der Waals surface area (Å²) in [5.41, 5.74) is 0.487. The number of furan rings is 1. The highest BCUT2D eigenvalue weighted by molar-refractivity contribution is 6.73. The second kappa shape index (κ2) is 7.59. The molecule has 0 bridgehead atoms. The molecular weight excluding hydrogens is 346 g/mol. The lowest BCUT2D eigenvalue weighted by atomic mass is 9.94. The van der Waals surface area contributed by atoms with Crippen LogP contribution in [0.5, 0.6) is 0 Å². The first kappa shape index (κ1) is 18.6. The van der Waals surface area contributed by atoms with Gasteiger partial charge in [-0.05, 0) is 42.4 Å². The number of hydrogen-bond acceptors (Lipinski definition) is 4. The number of hydrogen-bond donors (Lipinski definition) is 0. The van der Waals surface area contributed by atoms with Gasteiger partial charge in [0.15, 0.2) is 14.4 Å². The molecule has 1 aromatic carbocycles. The van der Waals surface area contributed by atoms with E-state index in [9.17, 15) is 9.59 Å². The Labute approximate surface area is 155 Å². The molecule has 1 fully saturated rings. The molecular formula is C20H25NO4Si. The standard InChI is InChI=1S/C20H25NO4Si/c1-4-26(5-2,6-3)25-18-17(16-13-10-14-24-16)21(20(18)23)19(22)15-11-8-7-9-12-15/h7-14,17-18H,4-6H2,1-3H3. The van der Waals surface area contributed by atoms with Crippen LogP contribution in [0.3, 0.4) is 0 Å². The van der Waals surface area contributed by atoms with E-state index in [2.05, 4.69) is 20.8 Å². The van der Waals surface area contributed by atoms with Crippen molar-refractivity contribution in [3.63, 3.8) is 0 Å². The van der Waals surface area contributed by atoms with E-state index in [1.54, 1.807) is 42.7 Å². The summed E-state index contributed by atoms with van der Waals surface area (Å²) in [5.74, 6) is 0.00572. The van der Waals surface area contributed by atoms with Crippen LogP contribution in [0.4, 0.5) is 0 Å². The highest BCUT2D eigenvalue weighted by Crippen LogP contribution is 2.41. The largest absolute Gasteiger partial charge is 0.467 e. The summed E-state index contributed by atoms with van der Waals surface area (Å²) < 4.78 is 12.0. The van der Waals surface area contributed by atoms with Crippen molar-refractivity contribution in [2.75, 3.05) is 0 Å². The van der Waals surface area contributed by atoms with Gasteiger partial charge in [0.05, 0.1) is 6.26 Å². The zero-order valence-electron chi connectivity index (χ0n) is 15.5. The lowest BCUT2D eigenvalue weighted by molar-refractivity contribution is -0.160. The van der Waals surface area contributed by atoms with Gasteiger partial charge in [-0.2, -0.15) is 0 Å². The summed E-state index contributed by atoms with van der Waals surface area (Å²) in [6.45, 7) is 6.37. The number of imide groups is 1. The first-order valence-electron chi connectivity index (χ1n) is 9.20. The second-order valence-electron chi connectivity index (χ2n) is 6.62. The fraction of sp³-hybridized carbons (Fsp3) is 0.400. The Morgan fingerprint density at radius 2 is 1.73 bits per heavy atom. The topological polar surface area (TPSA) is 59.8 Å². The molecule has 1 aromatic heterocycles. The maximum atomic E-state index is 12.9. The van der Waals surface area contributed by atoms with Crippen LogP contribution in [0.15, 0.2) is 53.1 Å². The Morgan fingerprint density at radius 1 is 1.08 bits per heavy atom. The lowest BCUT2D eigenvalue weighted by Gasteiger charge is -2.47. The molecule has 0 aliphatic carbocycles. The third-order valence-electron chi connectivity index (χ3n) is 5.43. The highest BCUT2D eigenvalue weighted by atomic mass is 28.4. The molecule has 6 heteroatoms. The minimum Gasteiger partial charge on any atom is -0.467 e. The summed E-state index contributed by atoms with van der Waals surface area (Å²) in [7, 11) is -1.99. The van der Waals surface area contributed by atoms with Gasteiger partial charge in [-0.3, -0.25) is 14.5 Å². The van der Waals surface area contributed by atoms with Crippen LogP contribution >= 0.6 is 0 Å². The van der Waals surface area contributed by atoms with E-state index >= 15 is 0 Å². The van der Waals surface area contributed by atoms with Gasteiger partial charge in [0.2, 0.25) is 0 Å². The SMILES string of the molecule is CC[Si](CC)(CC)OC1C(=O)N(C(=O)c2ccccc2)C1c1ccco1. The molecule has 26 heavy (non-hydrogen) atoms. The van der Waals surface area contributed by atoms with Crippen molar-refractivity contribution in [2.24, 2.45) is 0 Å². The number of amides is 2. The molecule has 138 valence electrons. The summed E-state index contributed by atoms with van der Waals surface area (Å²) in [5, 5.41) is 0. The van der Waals surface area contributed by atoms with Crippen LogP contribution in [0.25, 0.3) is 0 Å². The zero-order valence-corrected chi connectivity index (χ0v) is 16.5. The van der Waals surface area contributed by atoms with Crippen molar-refractivity contribution in [1.29, 1.82) is 0 Å². The number of benzene rings is 1. The molecule has 1 aliphatic rings. The van der Waals surface area contributed by atoms with Crippen molar-refractivity contribution in [3.8, 4) is 0 Å². The van der Waals surface area contributed by atoms with E-state index in [1.165, 1.54) is 4.90 Å². The number of carbonyl (C=O) groups excluding carboxylic acids is 2. The summed E-state index contributed by atoms with van der Waals surface area (Å²) >= 11 is 0. The molecule has 0 radical (unpaired) electrons. The molecule has 2 aromatic rings. The van der Waals surface area contributed by atoms with Gasteiger partial charge in [-0.25, -0.2) is 0 Å². The predicted octanol–water partition coefficient (Wildman–Crippen LogP) is 4.39. The van der Waals surface area contributed by atoms with Crippen LogP contribution < -0.4 is 0 Å². The van der Waals surface area contributed by atoms with Crippen molar-refractivity contribution >= 4 is 20.1 Å². The predicted molar refractivity (Wildman–Crippen MR) is 101 cm³/mol. The summed E-state index contributed by atoms with van der Waals surface area (Å²) in [6.07, 6.45) is 0.921. The molecule has 0 spiro atoms. The van der Waals surface area contributed by atoms with Gasteiger partial charge in [0, 0.05) is 5.56 Å². The number of likely N-dealkylation sites (tertiary alicyclic amines) is 1. The molecule has 3 rings (SSSR count). The van der Waals surface area contributed by atoms with Crippen molar-refractivity contribution < 1.29 is 18.4 Å².